The zero-order valence-corrected chi connectivity index (χ0v) is 11.6. The highest BCUT2D eigenvalue weighted by molar-refractivity contribution is 9.10. The Labute approximate surface area is 117 Å². The summed E-state index contributed by atoms with van der Waals surface area (Å²) < 4.78 is 41.2. The molecule has 0 aliphatic carbocycles. The van der Waals surface area contributed by atoms with Crippen molar-refractivity contribution in [3.05, 3.63) is 69.4 Å². The molecule has 1 unspecified atom stereocenters. The van der Waals surface area contributed by atoms with Gasteiger partial charge in [-0.05, 0) is 36.9 Å². The third-order valence-corrected chi connectivity index (χ3v) is 3.54. The molecule has 0 bridgehead atoms. The molecule has 1 N–H and O–H groups in total. The van der Waals surface area contributed by atoms with E-state index in [-0.39, 0.29) is 5.56 Å². The Bertz CT molecular complexity index is 581. The molecule has 0 radical (unpaired) electrons. The first-order valence-electron chi connectivity index (χ1n) is 5.60. The van der Waals surface area contributed by atoms with E-state index < -0.39 is 23.5 Å². The molecule has 0 aliphatic rings. The number of benzene rings is 2. The Morgan fingerprint density at radius 3 is 2.21 bits per heavy atom. The van der Waals surface area contributed by atoms with Crippen LogP contribution in [0.3, 0.4) is 0 Å². The summed E-state index contributed by atoms with van der Waals surface area (Å²) in [5.41, 5.74) is 0.477. The van der Waals surface area contributed by atoms with Gasteiger partial charge in [0.15, 0.2) is 0 Å². The first-order chi connectivity index (χ1) is 9.04. The van der Waals surface area contributed by atoms with Crippen molar-refractivity contribution in [3.63, 3.8) is 0 Å². The Balaban J connectivity index is 2.56. The Hall–Kier alpha value is -1.33. The van der Waals surface area contributed by atoms with Crippen LogP contribution in [-0.4, -0.2) is 7.05 Å². The van der Waals surface area contributed by atoms with Crippen molar-refractivity contribution in [3.8, 4) is 0 Å². The first kappa shape index (κ1) is 14.1. The van der Waals surface area contributed by atoms with Crippen molar-refractivity contribution in [2.24, 2.45) is 0 Å². The van der Waals surface area contributed by atoms with Gasteiger partial charge in [0.25, 0.3) is 0 Å². The van der Waals surface area contributed by atoms with E-state index in [4.69, 9.17) is 0 Å². The second-order valence-electron chi connectivity index (χ2n) is 4.02. The van der Waals surface area contributed by atoms with Gasteiger partial charge in [0.2, 0.25) is 0 Å². The molecule has 2 rings (SSSR count). The van der Waals surface area contributed by atoms with Crippen molar-refractivity contribution in [2.45, 2.75) is 6.04 Å². The van der Waals surface area contributed by atoms with Crippen molar-refractivity contribution in [1.29, 1.82) is 0 Å². The summed E-state index contributed by atoms with van der Waals surface area (Å²) in [5.74, 6) is -1.70. The van der Waals surface area contributed by atoms with Crippen LogP contribution >= 0.6 is 15.9 Å². The smallest absolute Gasteiger partial charge is 0.131 e. The second-order valence-corrected chi connectivity index (χ2v) is 4.88. The molecule has 2 aromatic rings. The normalized spacial score (nSPS) is 12.5. The van der Waals surface area contributed by atoms with E-state index in [1.54, 1.807) is 7.05 Å². The zero-order chi connectivity index (χ0) is 14.0. The monoisotopic (exact) mass is 329 g/mol. The van der Waals surface area contributed by atoms with Crippen LogP contribution in [0.4, 0.5) is 13.2 Å². The van der Waals surface area contributed by atoms with Crippen LogP contribution in [0.2, 0.25) is 0 Å². The number of hydrogen-bond donors (Lipinski definition) is 1. The maximum Gasteiger partial charge on any atom is 0.131 e. The number of halogens is 4. The molecule has 0 saturated heterocycles. The van der Waals surface area contributed by atoms with Gasteiger partial charge in [-0.3, -0.25) is 0 Å². The highest BCUT2D eigenvalue weighted by Gasteiger charge is 2.22. The van der Waals surface area contributed by atoms with Gasteiger partial charge in [-0.2, -0.15) is 0 Å². The topological polar surface area (TPSA) is 12.0 Å². The summed E-state index contributed by atoms with van der Waals surface area (Å²) >= 11 is 3.21. The molecule has 0 saturated carbocycles. The lowest BCUT2D eigenvalue weighted by atomic mass is 9.98. The van der Waals surface area contributed by atoms with Crippen molar-refractivity contribution in [1.82, 2.24) is 5.32 Å². The lowest BCUT2D eigenvalue weighted by Crippen LogP contribution is -2.21. The van der Waals surface area contributed by atoms with Crippen LogP contribution in [0.25, 0.3) is 0 Å². The molecule has 0 spiro atoms. The molecule has 0 amide bonds. The lowest BCUT2D eigenvalue weighted by molar-refractivity contribution is 0.521. The highest BCUT2D eigenvalue weighted by atomic mass is 79.9. The second kappa shape index (κ2) is 5.75. The summed E-state index contributed by atoms with van der Waals surface area (Å²) in [6.45, 7) is 0. The molecule has 19 heavy (non-hydrogen) atoms. The Kier molecular flexibility index (Phi) is 4.27. The van der Waals surface area contributed by atoms with Crippen LogP contribution in [0, 0.1) is 17.5 Å². The molecule has 100 valence electrons. The van der Waals surface area contributed by atoms with E-state index in [1.807, 2.05) is 0 Å². The summed E-state index contributed by atoms with van der Waals surface area (Å²) in [7, 11) is 1.59. The highest BCUT2D eigenvalue weighted by Crippen LogP contribution is 2.31. The van der Waals surface area contributed by atoms with E-state index in [0.717, 1.165) is 0 Å². The minimum absolute atomic E-state index is 0.0858. The molecule has 1 nitrogen and oxygen atoms in total. The van der Waals surface area contributed by atoms with Crippen molar-refractivity contribution < 1.29 is 13.2 Å². The number of hydrogen-bond acceptors (Lipinski definition) is 1. The Morgan fingerprint density at radius 1 is 1.05 bits per heavy atom. The summed E-state index contributed by atoms with van der Waals surface area (Å²) in [6, 6.07) is 7.01. The maximum atomic E-state index is 13.8. The van der Waals surface area contributed by atoms with E-state index in [2.05, 4.69) is 21.2 Å². The third kappa shape index (κ3) is 2.82. The molecule has 0 fully saturated rings. The van der Waals surface area contributed by atoms with Crippen molar-refractivity contribution >= 4 is 15.9 Å². The van der Waals surface area contributed by atoms with Crippen LogP contribution in [-0.2, 0) is 0 Å². The van der Waals surface area contributed by atoms with E-state index in [0.29, 0.717) is 10.0 Å². The van der Waals surface area contributed by atoms with Gasteiger partial charge in [0.1, 0.15) is 17.5 Å². The fourth-order valence-electron chi connectivity index (χ4n) is 1.98. The fraction of sp³-hybridized carbons (Fsp3) is 0.143. The molecular formula is C14H11BrF3N. The predicted molar refractivity (Wildman–Crippen MR) is 71.4 cm³/mol. The molecule has 1 atom stereocenters. The molecule has 0 aromatic heterocycles. The van der Waals surface area contributed by atoms with E-state index in [1.165, 1.54) is 36.4 Å². The van der Waals surface area contributed by atoms with Gasteiger partial charge in [-0.1, -0.05) is 28.1 Å². The molecule has 0 heterocycles. The predicted octanol–water partition coefficient (Wildman–Crippen LogP) is 4.18. The van der Waals surface area contributed by atoms with Crippen LogP contribution in [0.1, 0.15) is 17.2 Å². The van der Waals surface area contributed by atoms with Crippen LogP contribution in [0.5, 0.6) is 0 Å². The van der Waals surface area contributed by atoms with E-state index in [9.17, 15) is 13.2 Å². The number of rotatable bonds is 3. The molecular weight excluding hydrogens is 319 g/mol. The quantitative estimate of drug-likeness (QED) is 0.890. The third-order valence-electron chi connectivity index (χ3n) is 2.85. The number of nitrogens with one attached hydrogen (secondary N) is 1. The van der Waals surface area contributed by atoms with Gasteiger partial charge in [0.05, 0.1) is 6.04 Å². The van der Waals surface area contributed by atoms with Gasteiger partial charge in [-0.15, -0.1) is 0 Å². The van der Waals surface area contributed by atoms with Gasteiger partial charge in [0, 0.05) is 10.0 Å². The fourth-order valence-corrected chi connectivity index (χ4v) is 2.56. The molecule has 0 aliphatic heterocycles. The minimum atomic E-state index is -0.698. The lowest BCUT2D eigenvalue weighted by Gasteiger charge is -2.20. The SMILES string of the molecule is CNC(c1ccc(F)cc1Br)c1c(F)cccc1F. The largest absolute Gasteiger partial charge is 0.309 e. The maximum absolute atomic E-state index is 13.8. The average Bonchev–Trinajstić information content (AvgIpc) is 2.35. The molecule has 2 aromatic carbocycles. The average molecular weight is 330 g/mol. The summed E-state index contributed by atoms with van der Waals surface area (Å²) in [6.07, 6.45) is 0. The molecule has 5 heteroatoms. The first-order valence-corrected chi connectivity index (χ1v) is 6.40. The van der Waals surface area contributed by atoms with Crippen molar-refractivity contribution in [2.75, 3.05) is 7.05 Å². The van der Waals surface area contributed by atoms with Gasteiger partial charge in [-0.25, -0.2) is 13.2 Å². The van der Waals surface area contributed by atoms with Gasteiger partial charge >= 0.3 is 0 Å². The standard InChI is InChI=1S/C14H11BrF3N/c1-19-14(9-6-5-8(16)7-10(9)15)13-11(17)3-2-4-12(13)18/h2-7,14,19H,1H3. The van der Waals surface area contributed by atoms with Crippen LogP contribution in [0.15, 0.2) is 40.9 Å². The minimum Gasteiger partial charge on any atom is -0.309 e. The van der Waals surface area contributed by atoms with Crippen LogP contribution < -0.4 is 5.32 Å². The van der Waals surface area contributed by atoms with Gasteiger partial charge < -0.3 is 5.32 Å². The summed E-state index contributed by atoms with van der Waals surface area (Å²) in [5, 5.41) is 2.84. The zero-order valence-electron chi connectivity index (χ0n) is 10.1. The summed E-state index contributed by atoms with van der Waals surface area (Å²) in [4.78, 5) is 0. The Morgan fingerprint density at radius 2 is 1.68 bits per heavy atom. The van der Waals surface area contributed by atoms with E-state index >= 15 is 0 Å².